The van der Waals surface area contributed by atoms with Crippen molar-refractivity contribution in [2.45, 2.75) is 31.0 Å². The molecule has 0 aromatic carbocycles. The second-order valence-corrected chi connectivity index (χ2v) is 5.21. The van der Waals surface area contributed by atoms with E-state index in [1.165, 1.54) is 0 Å². The van der Waals surface area contributed by atoms with Crippen molar-refractivity contribution in [3.63, 3.8) is 0 Å². The van der Waals surface area contributed by atoms with E-state index in [4.69, 9.17) is 9.47 Å². The molecule has 0 aliphatic carbocycles. The van der Waals surface area contributed by atoms with E-state index in [1.807, 2.05) is 4.90 Å². The Bertz CT molecular complexity index is 440. The number of carbonyl (C=O) groups excluding carboxylic acids is 1. The van der Waals surface area contributed by atoms with Crippen molar-refractivity contribution in [3.8, 4) is 0 Å². The molecule has 3 rings (SSSR count). The van der Waals surface area contributed by atoms with Crippen molar-refractivity contribution >= 4 is 5.91 Å². The predicted octanol–water partition coefficient (Wildman–Crippen LogP) is 0.820. The van der Waals surface area contributed by atoms with Crippen LogP contribution in [0.15, 0.2) is 12.3 Å². The zero-order chi connectivity index (χ0) is 13.3. The Morgan fingerprint density at radius 3 is 3.16 bits per heavy atom. The van der Waals surface area contributed by atoms with Crippen LogP contribution in [-0.4, -0.2) is 59.5 Å². The summed E-state index contributed by atoms with van der Waals surface area (Å²) in [5, 5.41) is 6.53. The molecular weight excluding hydrogens is 246 g/mol. The van der Waals surface area contributed by atoms with Gasteiger partial charge in [0.1, 0.15) is 11.8 Å². The number of amides is 1. The lowest BCUT2D eigenvalue weighted by molar-refractivity contribution is -0.136. The van der Waals surface area contributed by atoms with Crippen LogP contribution in [0.5, 0.6) is 0 Å². The quantitative estimate of drug-likeness (QED) is 0.859. The second kappa shape index (κ2) is 4.94. The molecular formula is C13H19N3O3. The standard InChI is InChI=1S/C13H19N3O3/c1-18-11-9-16(12(17)10-3-6-14-15-10)7-5-13(11)4-2-8-19-13/h3,6,11H,2,4-5,7-9H2,1H3,(H,14,15)/t11-,13-/m0/s1. The summed E-state index contributed by atoms with van der Waals surface area (Å²) in [5.74, 6) is -0.0209. The number of aromatic nitrogens is 2. The van der Waals surface area contributed by atoms with Gasteiger partial charge in [0.05, 0.1) is 12.1 Å². The van der Waals surface area contributed by atoms with Gasteiger partial charge >= 0.3 is 0 Å². The zero-order valence-electron chi connectivity index (χ0n) is 11.1. The van der Waals surface area contributed by atoms with E-state index in [0.717, 1.165) is 25.9 Å². The molecule has 1 spiro atoms. The average molecular weight is 265 g/mol. The predicted molar refractivity (Wildman–Crippen MR) is 67.8 cm³/mol. The molecule has 2 atom stereocenters. The van der Waals surface area contributed by atoms with Crippen molar-refractivity contribution in [1.29, 1.82) is 0 Å². The monoisotopic (exact) mass is 265 g/mol. The van der Waals surface area contributed by atoms with Crippen LogP contribution in [0.4, 0.5) is 0 Å². The molecule has 2 fully saturated rings. The maximum Gasteiger partial charge on any atom is 0.271 e. The summed E-state index contributed by atoms with van der Waals surface area (Å²) in [6, 6.07) is 1.70. The number of aromatic amines is 1. The van der Waals surface area contributed by atoms with Gasteiger partial charge in [0.15, 0.2) is 0 Å². The molecule has 0 radical (unpaired) electrons. The molecule has 6 heteroatoms. The minimum absolute atomic E-state index is 0.0209. The van der Waals surface area contributed by atoms with Gasteiger partial charge in [-0.2, -0.15) is 5.10 Å². The van der Waals surface area contributed by atoms with E-state index < -0.39 is 0 Å². The lowest BCUT2D eigenvalue weighted by Crippen LogP contribution is -2.57. The minimum atomic E-state index is -0.181. The van der Waals surface area contributed by atoms with E-state index in [2.05, 4.69) is 10.2 Å². The third-order valence-electron chi connectivity index (χ3n) is 4.21. The number of hydrogen-bond acceptors (Lipinski definition) is 4. The molecule has 0 unspecified atom stereocenters. The number of rotatable bonds is 2. The number of carbonyl (C=O) groups is 1. The molecule has 2 aliphatic heterocycles. The number of H-pyrrole nitrogens is 1. The van der Waals surface area contributed by atoms with Crippen molar-refractivity contribution < 1.29 is 14.3 Å². The van der Waals surface area contributed by atoms with Gasteiger partial charge in [-0.15, -0.1) is 0 Å². The summed E-state index contributed by atoms with van der Waals surface area (Å²) in [7, 11) is 1.69. The fourth-order valence-electron chi connectivity index (χ4n) is 3.13. The molecule has 0 bridgehead atoms. The lowest BCUT2D eigenvalue weighted by atomic mass is 9.85. The number of ether oxygens (including phenoxy) is 2. The van der Waals surface area contributed by atoms with Crippen LogP contribution >= 0.6 is 0 Å². The molecule has 2 saturated heterocycles. The Morgan fingerprint density at radius 2 is 2.53 bits per heavy atom. The van der Waals surface area contributed by atoms with Gasteiger partial charge in [0.2, 0.25) is 0 Å². The first-order valence-electron chi connectivity index (χ1n) is 6.70. The maximum absolute atomic E-state index is 12.3. The largest absolute Gasteiger partial charge is 0.377 e. The molecule has 2 aliphatic rings. The Hall–Kier alpha value is -1.40. The van der Waals surface area contributed by atoms with E-state index >= 15 is 0 Å². The van der Waals surface area contributed by atoms with E-state index in [-0.39, 0.29) is 17.6 Å². The lowest BCUT2D eigenvalue weighted by Gasteiger charge is -2.44. The Kier molecular flexibility index (Phi) is 3.28. The average Bonchev–Trinajstić information content (AvgIpc) is 3.10. The summed E-state index contributed by atoms with van der Waals surface area (Å²) in [4.78, 5) is 14.1. The van der Waals surface area contributed by atoms with Gasteiger partial charge < -0.3 is 14.4 Å². The van der Waals surface area contributed by atoms with E-state index in [9.17, 15) is 4.79 Å². The van der Waals surface area contributed by atoms with Gasteiger partial charge in [0, 0.05) is 26.5 Å². The van der Waals surface area contributed by atoms with Crippen LogP contribution in [0.25, 0.3) is 0 Å². The highest BCUT2D eigenvalue weighted by Crippen LogP contribution is 2.37. The SMILES string of the molecule is CO[C@H]1CN(C(=O)c2ccn[nH]2)CC[C@@]12CCCO2. The summed E-state index contributed by atoms with van der Waals surface area (Å²) < 4.78 is 11.5. The highest BCUT2D eigenvalue weighted by atomic mass is 16.5. The Balaban J connectivity index is 1.73. The van der Waals surface area contributed by atoms with Gasteiger partial charge in [-0.3, -0.25) is 9.89 Å². The molecule has 1 N–H and O–H groups in total. The number of nitrogens with one attached hydrogen (secondary N) is 1. The Labute approximate surface area is 112 Å². The molecule has 1 amide bonds. The molecule has 6 nitrogen and oxygen atoms in total. The maximum atomic E-state index is 12.3. The van der Waals surface area contributed by atoms with Crippen molar-refractivity contribution in [3.05, 3.63) is 18.0 Å². The molecule has 0 saturated carbocycles. The topological polar surface area (TPSA) is 67.5 Å². The first-order chi connectivity index (χ1) is 9.25. The number of likely N-dealkylation sites (tertiary alicyclic amines) is 1. The third-order valence-corrected chi connectivity index (χ3v) is 4.21. The number of piperidine rings is 1. The molecule has 1 aromatic heterocycles. The van der Waals surface area contributed by atoms with Crippen LogP contribution in [0.3, 0.4) is 0 Å². The molecule has 104 valence electrons. The van der Waals surface area contributed by atoms with Crippen molar-refractivity contribution in [1.82, 2.24) is 15.1 Å². The highest BCUT2D eigenvalue weighted by molar-refractivity contribution is 5.92. The van der Waals surface area contributed by atoms with Crippen molar-refractivity contribution in [2.75, 3.05) is 26.8 Å². The van der Waals surface area contributed by atoms with Crippen molar-refractivity contribution in [2.24, 2.45) is 0 Å². The third kappa shape index (κ3) is 2.15. The van der Waals surface area contributed by atoms with Gasteiger partial charge in [0.25, 0.3) is 5.91 Å². The van der Waals surface area contributed by atoms with Crippen LogP contribution in [-0.2, 0) is 9.47 Å². The summed E-state index contributed by atoms with van der Waals surface area (Å²) in [6.45, 7) is 2.08. The van der Waals surface area contributed by atoms with Gasteiger partial charge in [-0.1, -0.05) is 0 Å². The smallest absolute Gasteiger partial charge is 0.271 e. The number of hydrogen-bond donors (Lipinski definition) is 1. The highest BCUT2D eigenvalue weighted by Gasteiger charge is 2.47. The van der Waals surface area contributed by atoms with Crippen LogP contribution in [0.1, 0.15) is 29.8 Å². The van der Waals surface area contributed by atoms with E-state index in [0.29, 0.717) is 18.8 Å². The van der Waals surface area contributed by atoms with Crippen LogP contribution < -0.4 is 0 Å². The van der Waals surface area contributed by atoms with E-state index in [1.54, 1.807) is 19.4 Å². The fraction of sp³-hybridized carbons (Fsp3) is 0.692. The Morgan fingerprint density at radius 1 is 1.63 bits per heavy atom. The van der Waals surface area contributed by atoms with Gasteiger partial charge in [-0.05, 0) is 25.3 Å². The number of nitrogens with zero attached hydrogens (tertiary/aromatic N) is 2. The fourth-order valence-corrected chi connectivity index (χ4v) is 3.13. The van der Waals surface area contributed by atoms with Crippen LogP contribution in [0, 0.1) is 0 Å². The molecule has 1 aromatic rings. The first kappa shape index (κ1) is 12.6. The second-order valence-electron chi connectivity index (χ2n) is 5.21. The summed E-state index contributed by atoms with van der Waals surface area (Å²) in [6.07, 6.45) is 4.49. The zero-order valence-corrected chi connectivity index (χ0v) is 11.1. The number of methoxy groups -OCH3 is 1. The van der Waals surface area contributed by atoms with Gasteiger partial charge in [-0.25, -0.2) is 0 Å². The minimum Gasteiger partial charge on any atom is -0.377 e. The summed E-state index contributed by atoms with van der Waals surface area (Å²) >= 11 is 0. The molecule has 19 heavy (non-hydrogen) atoms. The first-order valence-corrected chi connectivity index (χ1v) is 6.70. The normalized spacial score (nSPS) is 31.0. The summed E-state index contributed by atoms with van der Waals surface area (Å²) in [5.41, 5.74) is 0.345. The van der Waals surface area contributed by atoms with Crippen LogP contribution in [0.2, 0.25) is 0 Å². The molecule has 3 heterocycles.